The lowest BCUT2D eigenvalue weighted by Gasteiger charge is -2.18. The van der Waals surface area contributed by atoms with E-state index < -0.39 is 0 Å². The van der Waals surface area contributed by atoms with E-state index in [9.17, 15) is 9.59 Å². The van der Waals surface area contributed by atoms with Crippen LogP contribution in [0.1, 0.15) is 27.1 Å². The highest BCUT2D eigenvalue weighted by Crippen LogP contribution is 2.27. The Bertz CT molecular complexity index is 2010. The molecule has 3 aromatic heterocycles. The number of pyridine rings is 1. The molecular formula is C35H32N8O2. The number of hydrogen-bond donors (Lipinski definition) is 4. The molecule has 0 spiro atoms. The molecule has 4 heterocycles. The number of likely N-dealkylation sites (tertiary alicyclic amines) is 1. The summed E-state index contributed by atoms with van der Waals surface area (Å²) in [6.07, 6.45) is 7.78. The molecule has 0 saturated carbocycles. The number of nitrogens with one attached hydrogen (secondary N) is 3. The molecule has 0 radical (unpaired) electrons. The molecule has 45 heavy (non-hydrogen) atoms. The van der Waals surface area contributed by atoms with Crippen molar-refractivity contribution in [1.82, 2.24) is 30.0 Å². The molecule has 5 N–H and O–H groups in total. The van der Waals surface area contributed by atoms with E-state index in [1.54, 1.807) is 28.0 Å². The predicted octanol–water partition coefficient (Wildman–Crippen LogP) is 5.60. The van der Waals surface area contributed by atoms with Crippen LogP contribution in [0.5, 0.6) is 0 Å². The average Bonchev–Trinajstić information content (AvgIpc) is 3.83. The van der Waals surface area contributed by atoms with Gasteiger partial charge in [-0.25, -0.2) is 4.98 Å². The van der Waals surface area contributed by atoms with Gasteiger partial charge < -0.3 is 26.3 Å². The summed E-state index contributed by atoms with van der Waals surface area (Å²) in [6.45, 7) is 0.980. The van der Waals surface area contributed by atoms with Crippen molar-refractivity contribution in [3.8, 4) is 22.3 Å². The number of amides is 2. The van der Waals surface area contributed by atoms with Gasteiger partial charge in [0.2, 0.25) is 0 Å². The Morgan fingerprint density at radius 1 is 0.889 bits per heavy atom. The Balaban J connectivity index is 0.958. The highest BCUT2D eigenvalue weighted by Gasteiger charge is 2.29. The second-order valence-electron chi connectivity index (χ2n) is 11.3. The Morgan fingerprint density at radius 2 is 1.64 bits per heavy atom. The number of H-pyrrole nitrogens is 1. The number of nitrogen functional groups attached to an aromatic ring is 1. The van der Waals surface area contributed by atoms with Gasteiger partial charge in [-0.3, -0.25) is 14.3 Å². The zero-order chi connectivity index (χ0) is 30.9. The lowest BCUT2D eigenvalue weighted by atomic mass is 10.0. The number of carbonyl (C=O) groups is 2. The minimum atomic E-state index is -0.308. The molecule has 0 bridgehead atoms. The quantitative estimate of drug-likeness (QED) is 0.190. The van der Waals surface area contributed by atoms with Crippen molar-refractivity contribution in [1.29, 1.82) is 0 Å². The minimum Gasteiger partial charge on any atom is -0.383 e. The van der Waals surface area contributed by atoms with Crippen molar-refractivity contribution in [3.05, 3.63) is 115 Å². The van der Waals surface area contributed by atoms with Crippen molar-refractivity contribution in [3.63, 3.8) is 0 Å². The highest BCUT2D eigenvalue weighted by atomic mass is 16.2. The van der Waals surface area contributed by atoms with Crippen LogP contribution in [0.25, 0.3) is 33.2 Å². The van der Waals surface area contributed by atoms with Crippen LogP contribution in [0.3, 0.4) is 0 Å². The van der Waals surface area contributed by atoms with E-state index in [1.165, 1.54) is 0 Å². The molecule has 0 unspecified atom stereocenters. The second kappa shape index (κ2) is 11.6. The van der Waals surface area contributed by atoms with Gasteiger partial charge in [0.1, 0.15) is 5.82 Å². The largest absolute Gasteiger partial charge is 0.383 e. The first-order valence-corrected chi connectivity index (χ1v) is 14.8. The summed E-state index contributed by atoms with van der Waals surface area (Å²) < 4.78 is 1.69. The number of rotatable bonds is 7. The van der Waals surface area contributed by atoms with E-state index >= 15 is 0 Å². The van der Waals surface area contributed by atoms with Gasteiger partial charge in [-0.1, -0.05) is 24.3 Å². The molecule has 1 aliphatic rings. The van der Waals surface area contributed by atoms with E-state index in [0.717, 1.165) is 44.5 Å². The molecule has 6 aromatic rings. The Kier molecular flexibility index (Phi) is 7.22. The molecule has 10 heteroatoms. The van der Waals surface area contributed by atoms with Gasteiger partial charge in [-0.15, -0.1) is 0 Å². The number of nitrogens with two attached hydrogens (primary N) is 1. The third kappa shape index (κ3) is 5.85. The van der Waals surface area contributed by atoms with Crippen LogP contribution >= 0.6 is 0 Å². The summed E-state index contributed by atoms with van der Waals surface area (Å²) in [7, 11) is 1.83. The number of aromatic amines is 1. The molecule has 1 atom stereocenters. The number of hydrogen-bond acceptors (Lipinski definition) is 6. The first-order valence-electron chi connectivity index (χ1n) is 14.8. The fraction of sp³-hybridized carbons (Fsp3) is 0.143. The minimum absolute atomic E-state index is 0.0583. The Labute approximate surface area is 259 Å². The van der Waals surface area contributed by atoms with E-state index in [-0.39, 0.29) is 23.7 Å². The predicted molar refractivity (Wildman–Crippen MR) is 176 cm³/mol. The molecule has 7 rings (SSSR count). The maximum Gasteiger partial charge on any atom is 0.255 e. The fourth-order valence-electron chi connectivity index (χ4n) is 5.74. The molecule has 2 amide bonds. The van der Waals surface area contributed by atoms with Crippen LogP contribution in [0.15, 0.2) is 104 Å². The summed E-state index contributed by atoms with van der Waals surface area (Å²) in [5.74, 6) is -0.208. The average molecular weight is 597 g/mol. The maximum atomic E-state index is 13.3. The van der Waals surface area contributed by atoms with Crippen molar-refractivity contribution in [2.75, 3.05) is 24.1 Å². The summed E-state index contributed by atoms with van der Waals surface area (Å²) >= 11 is 0. The van der Waals surface area contributed by atoms with Crippen molar-refractivity contribution >= 4 is 39.9 Å². The first-order chi connectivity index (χ1) is 21.9. The lowest BCUT2D eigenvalue weighted by molar-refractivity contribution is 0.0783. The fourth-order valence-corrected chi connectivity index (χ4v) is 5.74. The lowest BCUT2D eigenvalue weighted by Crippen LogP contribution is -2.38. The summed E-state index contributed by atoms with van der Waals surface area (Å²) in [5.41, 5.74) is 13.8. The van der Waals surface area contributed by atoms with Crippen LogP contribution in [0, 0.1) is 0 Å². The van der Waals surface area contributed by atoms with E-state index in [2.05, 4.69) is 62.1 Å². The number of anilines is 3. The van der Waals surface area contributed by atoms with Gasteiger partial charge in [0.05, 0.1) is 11.8 Å². The molecule has 3 aromatic carbocycles. The SMILES string of the molecule is Cn1cc(-c2cnc(N)c(C(=O)N[C@@H]3CCN(C(=O)c4ccc(-c5ccc(Nc6ccc7[nH]ccc7c6)cc5)cc4)C3)c2)cn1. The molecule has 0 aliphatic carbocycles. The highest BCUT2D eigenvalue weighted by molar-refractivity contribution is 6.00. The summed E-state index contributed by atoms with van der Waals surface area (Å²) in [6, 6.07) is 25.7. The zero-order valence-electron chi connectivity index (χ0n) is 24.7. The van der Waals surface area contributed by atoms with Crippen molar-refractivity contribution in [2.45, 2.75) is 12.5 Å². The molecule has 1 fully saturated rings. The number of benzene rings is 3. The normalized spacial score (nSPS) is 14.5. The summed E-state index contributed by atoms with van der Waals surface area (Å²) in [5, 5.41) is 11.8. The monoisotopic (exact) mass is 596 g/mol. The summed E-state index contributed by atoms with van der Waals surface area (Å²) in [4.78, 5) is 35.6. The second-order valence-corrected chi connectivity index (χ2v) is 11.3. The maximum absolute atomic E-state index is 13.3. The van der Waals surface area contributed by atoms with Gasteiger partial charge in [0, 0.05) is 83.7 Å². The Morgan fingerprint density at radius 3 is 2.40 bits per heavy atom. The van der Waals surface area contributed by atoms with Crippen molar-refractivity contribution in [2.24, 2.45) is 7.05 Å². The zero-order valence-corrected chi connectivity index (χ0v) is 24.7. The molecule has 1 aliphatic heterocycles. The third-order valence-corrected chi connectivity index (χ3v) is 8.20. The molecule has 224 valence electrons. The first kappa shape index (κ1) is 27.9. The van der Waals surface area contributed by atoms with Gasteiger partial charge in [0.15, 0.2) is 0 Å². The molecular weight excluding hydrogens is 564 g/mol. The van der Waals surface area contributed by atoms with E-state index in [1.807, 2.05) is 55.8 Å². The number of aryl methyl sites for hydroxylation is 1. The Hall–Kier alpha value is -5.90. The molecule has 10 nitrogen and oxygen atoms in total. The van der Waals surface area contributed by atoms with Crippen LogP contribution in [-0.4, -0.2) is 55.6 Å². The standard InChI is InChI=1S/C35H32N8O2/c1-42-20-27(19-39-42)26-17-31(33(36)38-18-26)34(44)41-30-13-15-43(21-30)35(45)24-4-2-22(3-5-24)23-6-8-28(9-7-23)40-29-10-11-32-25(16-29)12-14-37-32/h2-12,14,16-20,30,37,40H,13,15,21H2,1H3,(H2,36,38)(H,41,44)/t30-/m1/s1. The van der Waals surface area contributed by atoms with Crippen LogP contribution in [0.2, 0.25) is 0 Å². The number of nitrogens with zero attached hydrogens (tertiary/aromatic N) is 4. The topological polar surface area (TPSA) is 134 Å². The van der Waals surface area contributed by atoms with Gasteiger partial charge >= 0.3 is 0 Å². The number of aromatic nitrogens is 4. The van der Waals surface area contributed by atoms with Crippen LogP contribution in [0.4, 0.5) is 17.2 Å². The number of carbonyl (C=O) groups excluding carboxylic acids is 2. The van der Waals surface area contributed by atoms with Gasteiger partial charge in [-0.2, -0.15) is 5.10 Å². The van der Waals surface area contributed by atoms with Gasteiger partial charge in [0.25, 0.3) is 11.8 Å². The molecule has 1 saturated heterocycles. The third-order valence-electron chi connectivity index (χ3n) is 8.20. The van der Waals surface area contributed by atoms with Gasteiger partial charge in [-0.05, 0) is 72.1 Å². The van der Waals surface area contributed by atoms with Crippen LogP contribution in [-0.2, 0) is 7.05 Å². The van der Waals surface area contributed by atoms with Crippen molar-refractivity contribution < 1.29 is 9.59 Å². The van der Waals surface area contributed by atoms with E-state index in [4.69, 9.17) is 5.73 Å². The van der Waals surface area contributed by atoms with Crippen LogP contribution < -0.4 is 16.4 Å². The smallest absolute Gasteiger partial charge is 0.255 e. The number of fused-ring (bicyclic) bond motifs is 1. The van der Waals surface area contributed by atoms with E-state index in [0.29, 0.717) is 30.6 Å².